The van der Waals surface area contributed by atoms with Crippen molar-refractivity contribution < 1.29 is 0 Å². The summed E-state index contributed by atoms with van der Waals surface area (Å²) in [7, 11) is -2.33. The molecule has 0 aliphatic carbocycles. The van der Waals surface area contributed by atoms with Gasteiger partial charge in [-0.1, -0.05) is 115 Å². The predicted octanol–water partition coefficient (Wildman–Crippen LogP) is 15.7. The molecule has 6 nitrogen and oxygen atoms in total. The Morgan fingerprint density at radius 2 is 0.952 bits per heavy atom. The molecule has 0 spiro atoms. The van der Waals surface area contributed by atoms with Crippen molar-refractivity contribution in [3.05, 3.63) is 85.2 Å². The average Bonchev–Trinajstić information content (AvgIpc) is 4.17. The molecule has 1 aliphatic rings. The highest BCUT2D eigenvalue weighted by atomic mass is 32.1. The van der Waals surface area contributed by atoms with E-state index in [-0.39, 0.29) is 0 Å². The maximum atomic E-state index is 5.29. The summed E-state index contributed by atoms with van der Waals surface area (Å²) in [6, 6.07) is 29.5. The zero-order valence-corrected chi connectivity index (χ0v) is 41.8. The number of hydrogen-bond acceptors (Lipinski definition) is 12. The largest absolute Gasteiger partial charge is 0.252 e. The lowest BCUT2D eigenvalue weighted by Gasteiger charge is -2.35. The third kappa shape index (κ3) is 7.26. The maximum absolute atomic E-state index is 5.29. The van der Waals surface area contributed by atoms with Gasteiger partial charge in [0.25, 0.3) is 0 Å². The minimum absolute atomic E-state index is 0.687. The molecule has 0 fully saturated rings. The van der Waals surface area contributed by atoms with Gasteiger partial charge in [0.1, 0.15) is 41.5 Å². The Labute approximate surface area is 393 Å². The first-order chi connectivity index (χ1) is 31.0. The van der Waals surface area contributed by atoms with Crippen LogP contribution in [0.1, 0.15) is 79.1 Å². The lowest BCUT2D eigenvalue weighted by molar-refractivity contribution is 0.469. The number of rotatable bonds is 16. The number of benzene rings is 2. The highest BCUT2D eigenvalue weighted by Gasteiger charge is 2.50. The van der Waals surface area contributed by atoms with E-state index in [1.54, 1.807) is 33.0 Å². The molecule has 318 valence electrons. The Bertz CT molecular complexity index is 2980. The Kier molecular flexibility index (Phi) is 11.5. The minimum Gasteiger partial charge on any atom is -0.252 e. The number of unbranched alkanes of at least 4 members (excludes halogenated alkanes) is 2. The van der Waals surface area contributed by atoms with Gasteiger partial charge in [-0.25, -0.2) is 0 Å². The molecule has 0 N–H and O–H groups in total. The van der Waals surface area contributed by atoms with Crippen LogP contribution in [-0.4, -0.2) is 35.5 Å². The molecule has 0 radical (unpaired) electrons. The van der Waals surface area contributed by atoms with Crippen molar-refractivity contribution in [2.45, 2.75) is 91.1 Å². The van der Waals surface area contributed by atoms with Crippen LogP contribution in [0.2, 0.25) is 12.1 Å². The molecule has 9 heterocycles. The summed E-state index contributed by atoms with van der Waals surface area (Å²) in [5.74, 6) is 1.37. The van der Waals surface area contributed by atoms with Gasteiger partial charge in [-0.2, -0.15) is 17.5 Å². The average molecular weight is 953 g/mol. The highest BCUT2D eigenvalue weighted by Crippen LogP contribution is 2.50. The molecule has 0 saturated heterocycles. The first-order valence-corrected chi connectivity index (χ1v) is 29.6. The number of thiophene rings is 4. The van der Waals surface area contributed by atoms with Gasteiger partial charge in [-0.3, -0.25) is 9.97 Å². The van der Waals surface area contributed by atoms with Crippen molar-refractivity contribution in [2.75, 3.05) is 0 Å². The molecule has 11 rings (SSSR count). The van der Waals surface area contributed by atoms with Crippen LogP contribution < -0.4 is 10.4 Å². The van der Waals surface area contributed by atoms with Crippen LogP contribution >= 0.6 is 68.8 Å². The van der Waals surface area contributed by atoms with Gasteiger partial charge in [-0.05, 0) is 81.5 Å². The summed E-state index contributed by atoms with van der Waals surface area (Å²) in [5, 5.41) is 5.78. The van der Waals surface area contributed by atoms with Crippen LogP contribution in [0.15, 0.2) is 85.2 Å². The van der Waals surface area contributed by atoms with E-state index in [4.69, 9.17) is 27.5 Å². The smallest absolute Gasteiger partial charge is 0.132 e. The normalized spacial score (nSPS) is 14.3. The third-order valence-corrected chi connectivity index (χ3v) is 25.1. The molecule has 63 heavy (non-hydrogen) atoms. The molecule has 0 amide bonds. The molecular formula is C50H48N6S6Si. The zero-order valence-electron chi connectivity index (χ0n) is 35.9. The second-order valence-electron chi connectivity index (χ2n) is 17.3. The molecule has 0 bridgehead atoms. The van der Waals surface area contributed by atoms with Crippen LogP contribution in [0.5, 0.6) is 0 Å². The predicted molar refractivity (Wildman–Crippen MR) is 279 cm³/mol. The Morgan fingerprint density at radius 3 is 1.38 bits per heavy atom. The van der Waals surface area contributed by atoms with Crippen molar-refractivity contribution in [1.82, 2.24) is 27.5 Å². The summed E-state index contributed by atoms with van der Waals surface area (Å²) >= 11 is 10.1. The fraction of sp³-hybridized carbons (Fsp3) is 0.320. The van der Waals surface area contributed by atoms with Gasteiger partial charge in [0, 0.05) is 52.4 Å². The van der Waals surface area contributed by atoms with Crippen molar-refractivity contribution in [3.8, 4) is 51.8 Å². The molecular weight excluding hydrogens is 905 g/mol. The minimum atomic E-state index is -2.33. The van der Waals surface area contributed by atoms with E-state index in [0.29, 0.717) is 11.8 Å². The van der Waals surface area contributed by atoms with Gasteiger partial charge >= 0.3 is 0 Å². The molecule has 1 aliphatic heterocycles. The highest BCUT2D eigenvalue weighted by molar-refractivity contribution is 7.31. The second kappa shape index (κ2) is 17.4. The number of nitrogens with zero attached hydrogens (tertiary/aromatic N) is 6. The van der Waals surface area contributed by atoms with Gasteiger partial charge < -0.3 is 0 Å². The number of pyridine rings is 2. The van der Waals surface area contributed by atoms with Crippen LogP contribution in [-0.2, 0) is 0 Å². The summed E-state index contributed by atoms with van der Waals surface area (Å²) < 4.78 is 22.3. The molecule has 2 atom stereocenters. The van der Waals surface area contributed by atoms with E-state index < -0.39 is 8.07 Å². The molecule has 2 unspecified atom stereocenters. The lowest BCUT2D eigenvalue weighted by atomic mass is 10.0. The van der Waals surface area contributed by atoms with Crippen LogP contribution in [0.4, 0.5) is 0 Å². The summed E-state index contributed by atoms with van der Waals surface area (Å²) in [5.41, 5.74) is 7.81. The number of aromatic nitrogens is 6. The van der Waals surface area contributed by atoms with Gasteiger partial charge in [-0.15, -0.1) is 45.3 Å². The Morgan fingerprint density at radius 1 is 0.508 bits per heavy atom. The fourth-order valence-electron chi connectivity index (χ4n) is 10.1. The fourth-order valence-corrected chi connectivity index (χ4v) is 23.8. The monoisotopic (exact) mass is 952 g/mol. The van der Waals surface area contributed by atoms with Crippen molar-refractivity contribution in [1.29, 1.82) is 0 Å². The first-order valence-electron chi connectivity index (χ1n) is 22.5. The number of fused-ring (bicyclic) bond motifs is 7. The summed E-state index contributed by atoms with van der Waals surface area (Å²) in [6.45, 7) is 9.57. The Balaban J connectivity index is 1.08. The topological polar surface area (TPSA) is 77.3 Å². The second-order valence-corrected chi connectivity index (χ2v) is 26.7. The molecule has 8 aromatic heterocycles. The lowest BCUT2D eigenvalue weighted by Crippen LogP contribution is -2.56. The summed E-state index contributed by atoms with van der Waals surface area (Å²) in [6.07, 6.45) is 14.2. The third-order valence-electron chi connectivity index (χ3n) is 13.5. The van der Waals surface area contributed by atoms with Crippen molar-refractivity contribution in [2.24, 2.45) is 11.8 Å². The molecule has 10 aromatic rings. The standard InChI is InChI=1S/C50H48N6S6Si/c1-5-9-15-29(7-3)27-63(28-30(8-4)16-10-6-2)41-23-39(45-47-43(53-61-55-47)33(25-51-45)37-21-31-17-11-13-19-35(31)57-37)59-49(41)50-42(63)24-40(60-50)46-48-44(54-62-56-48)34(26-52-46)38-22-32-18-12-14-20-36(32)58-38/h11-14,17-26,29-30H,5-10,15-16,27-28H2,1-4H3. The van der Waals surface area contributed by atoms with Crippen LogP contribution in [0.3, 0.4) is 0 Å². The Hall–Kier alpha value is -4.08. The quantitative estimate of drug-likeness (QED) is 0.0898. The first kappa shape index (κ1) is 41.6. The SMILES string of the molecule is CCCCC(CC)C[Si]1(CC(CC)CCCC)c2cc(-c3ncc(-c4cc5ccccc5s4)c4nsnc34)sc2-c2sc(-c3ncc(-c4cc5ccccc5s4)c4nsnc34)cc21. The van der Waals surface area contributed by atoms with E-state index in [1.807, 2.05) is 22.7 Å². The van der Waals surface area contributed by atoms with Crippen molar-refractivity contribution in [3.63, 3.8) is 0 Å². The van der Waals surface area contributed by atoms with E-state index in [2.05, 4.69) is 113 Å². The van der Waals surface area contributed by atoms with Crippen LogP contribution in [0, 0.1) is 11.8 Å². The van der Waals surface area contributed by atoms with Gasteiger partial charge in [0.2, 0.25) is 0 Å². The van der Waals surface area contributed by atoms with Gasteiger partial charge in [0.15, 0.2) is 0 Å². The molecule has 13 heteroatoms. The maximum Gasteiger partial charge on any atom is 0.132 e. The summed E-state index contributed by atoms with van der Waals surface area (Å²) in [4.78, 5) is 18.3. The van der Waals surface area contributed by atoms with Crippen LogP contribution in [0.25, 0.3) is 94.0 Å². The van der Waals surface area contributed by atoms with Gasteiger partial charge in [0.05, 0.1) is 33.2 Å². The molecule has 0 saturated carbocycles. The molecule has 2 aromatic carbocycles. The van der Waals surface area contributed by atoms with E-state index >= 15 is 0 Å². The van der Waals surface area contributed by atoms with E-state index in [0.717, 1.165) is 44.6 Å². The zero-order chi connectivity index (χ0) is 42.7. The van der Waals surface area contributed by atoms with Crippen molar-refractivity contribution >= 4 is 129 Å². The van der Waals surface area contributed by atoms with E-state index in [9.17, 15) is 0 Å². The van der Waals surface area contributed by atoms with E-state index in [1.165, 1.54) is 136 Å². The number of hydrogen-bond donors (Lipinski definition) is 0.